The monoisotopic (exact) mass is 277 g/mol. The first-order valence-electron chi connectivity index (χ1n) is 6.44. The van der Waals surface area contributed by atoms with Crippen molar-refractivity contribution in [3.8, 4) is 0 Å². The van der Waals surface area contributed by atoms with Crippen molar-refractivity contribution in [2.75, 3.05) is 23.9 Å². The van der Waals surface area contributed by atoms with E-state index < -0.39 is 0 Å². The van der Waals surface area contributed by atoms with Crippen LogP contribution in [0.15, 0.2) is 30.5 Å². The molecule has 1 aliphatic heterocycles. The van der Waals surface area contributed by atoms with Crippen molar-refractivity contribution in [3.63, 3.8) is 0 Å². The third-order valence-corrected chi connectivity index (χ3v) is 3.86. The second kappa shape index (κ2) is 5.31. The summed E-state index contributed by atoms with van der Waals surface area (Å²) in [5.41, 5.74) is 2.03. The molecule has 3 rings (SSSR count). The molecule has 0 radical (unpaired) electrons. The molecule has 5 heteroatoms. The van der Waals surface area contributed by atoms with Gasteiger partial charge in [0.2, 0.25) is 0 Å². The molecule has 2 aromatic rings. The number of hydrogen-bond donors (Lipinski definition) is 0. The Morgan fingerprint density at radius 1 is 1.42 bits per heavy atom. The van der Waals surface area contributed by atoms with Gasteiger partial charge in [-0.25, -0.2) is 0 Å². The van der Waals surface area contributed by atoms with Crippen LogP contribution in [-0.2, 0) is 4.74 Å². The summed E-state index contributed by atoms with van der Waals surface area (Å²) >= 11 is 5.92. The minimum Gasteiger partial charge on any atom is -0.373 e. The number of morpholine rings is 1. The number of anilines is 1. The summed E-state index contributed by atoms with van der Waals surface area (Å²) in [4.78, 5) is 2.31. The highest BCUT2D eigenvalue weighted by Crippen LogP contribution is 2.28. The highest BCUT2D eigenvalue weighted by atomic mass is 35.5. The number of aromatic nitrogens is 2. The molecule has 1 aromatic carbocycles. The lowest BCUT2D eigenvalue weighted by Crippen LogP contribution is -2.49. The first-order valence-corrected chi connectivity index (χ1v) is 6.97. The molecule has 1 aliphatic rings. The van der Waals surface area contributed by atoms with E-state index in [0.717, 1.165) is 23.1 Å². The zero-order chi connectivity index (χ0) is 13.2. The minimum absolute atomic E-state index is 0.0739. The van der Waals surface area contributed by atoms with Crippen molar-refractivity contribution >= 4 is 28.2 Å². The molecule has 4 nitrogen and oxygen atoms in total. The summed E-state index contributed by atoms with van der Waals surface area (Å²) in [7, 11) is 0. The average molecular weight is 278 g/mol. The third kappa shape index (κ3) is 2.38. The first kappa shape index (κ1) is 12.6. The molecule has 1 aromatic heterocycles. The second-order valence-electron chi connectivity index (χ2n) is 4.86. The van der Waals surface area contributed by atoms with E-state index in [2.05, 4.69) is 28.1 Å². The smallest absolute Gasteiger partial charge is 0.0950 e. The third-order valence-electron chi connectivity index (χ3n) is 3.51. The summed E-state index contributed by atoms with van der Waals surface area (Å²) in [5.74, 6) is 0.514. The molecule has 19 heavy (non-hydrogen) atoms. The van der Waals surface area contributed by atoms with Crippen molar-refractivity contribution in [3.05, 3.63) is 30.5 Å². The lowest BCUT2D eigenvalue weighted by Gasteiger charge is -2.39. The Morgan fingerprint density at radius 3 is 3.11 bits per heavy atom. The van der Waals surface area contributed by atoms with Crippen LogP contribution in [0.3, 0.4) is 0 Å². The van der Waals surface area contributed by atoms with E-state index in [9.17, 15) is 0 Å². The Hall–Kier alpha value is -1.39. The fourth-order valence-corrected chi connectivity index (χ4v) is 2.65. The number of fused-ring (bicyclic) bond motifs is 1. The van der Waals surface area contributed by atoms with Crippen LogP contribution in [0.4, 0.5) is 5.69 Å². The van der Waals surface area contributed by atoms with E-state index in [1.54, 1.807) is 0 Å². The van der Waals surface area contributed by atoms with E-state index in [0.29, 0.717) is 18.5 Å². The van der Waals surface area contributed by atoms with Gasteiger partial charge in [0, 0.05) is 18.0 Å². The Labute approximate surface area is 117 Å². The first-order chi connectivity index (χ1) is 9.29. The van der Waals surface area contributed by atoms with Crippen LogP contribution in [0.25, 0.3) is 10.9 Å². The van der Waals surface area contributed by atoms with Crippen LogP contribution in [0.5, 0.6) is 0 Å². The topological polar surface area (TPSA) is 38.2 Å². The summed E-state index contributed by atoms with van der Waals surface area (Å²) < 4.78 is 5.69. The van der Waals surface area contributed by atoms with Crippen LogP contribution < -0.4 is 4.90 Å². The SMILES string of the molecule is CC1COC(CCl)CN1c1cnnc2ccccc12. The van der Waals surface area contributed by atoms with Crippen LogP contribution in [0, 0.1) is 0 Å². The van der Waals surface area contributed by atoms with E-state index in [1.807, 2.05) is 24.4 Å². The quantitative estimate of drug-likeness (QED) is 0.791. The normalized spacial score (nSPS) is 23.8. The van der Waals surface area contributed by atoms with Gasteiger partial charge in [0.25, 0.3) is 0 Å². The lowest BCUT2D eigenvalue weighted by atomic mass is 10.1. The van der Waals surface area contributed by atoms with Gasteiger partial charge in [-0.3, -0.25) is 0 Å². The van der Waals surface area contributed by atoms with Crippen molar-refractivity contribution in [1.29, 1.82) is 0 Å². The molecular formula is C14H16ClN3O. The van der Waals surface area contributed by atoms with E-state index in [4.69, 9.17) is 16.3 Å². The lowest BCUT2D eigenvalue weighted by molar-refractivity contribution is 0.0365. The summed E-state index contributed by atoms with van der Waals surface area (Å²) in [6, 6.07) is 8.38. The van der Waals surface area contributed by atoms with Gasteiger partial charge in [0.1, 0.15) is 0 Å². The maximum atomic E-state index is 5.92. The molecule has 0 saturated carbocycles. The Kier molecular flexibility index (Phi) is 3.53. The maximum absolute atomic E-state index is 5.92. The van der Waals surface area contributed by atoms with Crippen LogP contribution in [0.2, 0.25) is 0 Å². The highest BCUT2D eigenvalue weighted by molar-refractivity contribution is 6.18. The molecule has 0 aliphatic carbocycles. The molecule has 2 heterocycles. The number of nitrogens with zero attached hydrogens (tertiary/aromatic N) is 3. The number of benzene rings is 1. The molecule has 0 N–H and O–H groups in total. The van der Waals surface area contributed by atoms with Crippen LogP contribution >= 0.6 is 11.6 Å². The number of ether oxygens (including phenoxy) is 1. The largest absolute Gasteiger partial charge is 0.373 e. The van der Waals surface area contributed by atoms with Gasteiger partial charge in [0.15, 0.2) is 0 Å². The van der Waals surface area contributed by atoms with Crippen LogP contribution in [-0.4, -0.2) is 41.4 Å². The average Bonchev–Trinajstić information content (AvgIpc) is 2.47. The van der Waals surface area contributed by atoms with E-state index >= 15 is 0 Å². The molecule has 1 fully saturated rings. The molecule has 0 amide bonds. The number of halogens is 1. The van der Waals surface area contributed by atoms with Gasteiger partial charge in [-0.2, -0.15) is 10.2 Å². The Bertz CT molecular complexity index is 572. The number of alkyl halides is 1. The van der Waals surface area contributed by atoms with Crippen molar-refractivity contribution < 1.29 is 4.74 Å². The summed E-state index contributed by atoms with van der Waals surface area (Å²) in [6.07, 6.45) is 1.90. The van der Waals surface area contributed by atoms with Gasteiger partial charge in [0.05, 0.1) is 36.0 Å². The zero-order valence-electron chi connectivity index (χ0n) is 10.8. The molecule has 2 atom stereocenters. The standard InChI is InChI=1S/C14H16ClN3O/c1-10-9-19-11(6-15)8-18(10)14-7-16-17-13-5-3-2-4-12(13)14/h2-5,7,10-11H,6,8-9H2,1H3. The minimum atomic E-state index is 0.0739. The number of rotatable bonds is 2. The van der Waals surface area contributed by atoms with Crippen LogP contribution in [0.1, 0.15) is 6.92 Å². The van der Waals surface area contributed by atoms with Gasteiger partial charge in [-0.1, -0.05) is 18.2 Å². The fraction of sp³-hybridized carbons (Fsp3) is 0.429. The summed E-state index contributed by atoms with van der Waals surface area (Å²) in [6.45, 7) is 3.63. The fourth-order valence-electron chi connectivity index (χ4n) is 2.47. The van der Waals surface area contributed by atoms with E-state index in [-0.39, 0.29) is 6.10 Å². The molecule has 0 spiro atoms. The van der Waals surface area contributed by atoms with Gasteiger partial charge in [-0.05, 0) is 13.0 Å². The van der Waals surface area contributed by atoms with Gasteiger partial charge < -0.3 is 9.64 Å². The van der Waals surface area contributed by atoms with E-state index in [1.165, 1.54) is 0 Å². The predicted molar refractivity (Wildman–Crippen MR) is 76.8 cm³/mol. The predicted octanol–water partition coefficient (Wildman–Crippen LogP) is 2.46. The number of hydrogen-bond acceptors (Lipinski definition) is 4. The Morgan fingerprint density at radius 2 is 2.26 bits per heavy atom. The molecule has 100 valence electrons. The van der Waals surface area contributed by atoms with Gasteiger partial charge in [-0.15, -0.1) is 11.6 Å². The molecule has 0 bridgehead atoms. The summed E-state index contributed by atoms with van der Waals surface area (Å²) in [5, 5.41) is 9.40. The van der Waals surface area contributed by atoms with Crippen molar-refractivity contribution in [2.24, 2.45) is 0 Å². The molecule has 2 unspecified atom stereocenters. The van der Waals surface area contributed by atoms with Gasteiger partial charge >= 0.3 is 0 Å². The van der Waals surface area contributed by atoms with Crippen molar-refractivity contribution in [2.45, 2.75) is 19.1 Å². The van der Waals surface area contributed by atoms with Crippen molar-refractivity contribution in [1.82, 2.24) is 10.2 Å². The molecular weight excluding hydrogens is 262 g/mol. The molecule has 1 saturated heterocycles. The zero-order valence-corrected chi connectivity index (χ0v) is 11.5. The second-order valence-corrected chi connectivity index (χ2v) is 5.17. The Balaban J connectivity index is 2.02. The maximum Gasteiger partial charge on any atom is 0.0950 e. The highest BCUT2D eigenvalue weighted by Gasteiger charge is 2.27.